The molecule has 0 saturated carbocycles. The van der Waals surface area contributed by atoms with E-state index in [1.807, 2.05) is 49.4 Å². The molecule has 0 saturated heterocycles. The fraction of sp³-hybridized carbons (Fsp3) is 0.207. The minimum absolute atomic E-state index is 0. The molecule has 3 rings (SSSR count). The van der Waals surface area contributed by atoms with E-state index in [1.165, 1.54) is 6.08 Å². The standard InChI is InChI=1S/C18H17NO2.C9H11NO.CH2Cl2.CH4/c1-2-17(20)15-10-6-7-11-16(15)19-18(21)13-12-14-8-4-3-5-9-14;1-2-9(11)7-5-3-4-6-8(7)10;2-1-3;/h3-13H,2H2,1H3,(H,19,21);3-6H,2,10H2,1H3;1H2;1H4/b13-12+;;;. The molecule has 0 radical (unpaired) electrons. The lowest BCUT2D eigenvalue weighted by Crippen LogP contribution is -2.11. The monoisotopic (exact) mass is 528 g/mol. The highest BCUT2D eigenvalue weighted by atomic mass is 35.5. The maximum absolute atomic E-state index is 11.9. The molecule has 0 unspecified atom stereocenters. The molecule has 0 aliphatic rings. The van der Waals surface area contributed by atoms with Crippen LogP contribution < -0.4 is 11.1 Å². The van der Waals surface area contributed by atoms with Gasteiger partial charge in [0.25, 0.3) is 0 Å². The predicted octanol–water partition coefficient (Wildman–Crippen LogP) is 7.85. The average Bonchev–Trinajstić information content (AvgIpc) is 2.88. The summed E-state index contributed by atoms with van der Waals surface area (Å²) >= 11 is 9.53. The zero-order valence-electron chi connectivity index (χ0n) is 19.8. The van der Waals surface area contributed by atoms with Crippen molar-refractivity contribution in [3.05, 3.63) is 102 Å². The Labute approximate surface area is 224 Å². The third kappa shape index (κ3) is 11.8. The number of hydrogen-bond acceptors (Lipinski definition) is 4. The van der Waals surface area contributed by atoms with Crippen LogP contribution in [0, 0.1) is 0 Å². The summed E-state index contributed by atoms with van der Waals surface area (Å²) in [7, 11) is 0. The molecule has 7 heteroatoms. The van der Waals surface area contributed by atoms with Gasteiger partial charge in [-0.05, 0) is 35.9 Å². The summed E-state index contributed by atoms with van der Waals surface area (Å²) in [5, 5.41) is 2.94. The molecule has 0 aliphatic carbocycles. The number of nitrogen functional groups attached to an aromatic ring is 1. The number of carbonyl (C=O) groups excluding carboxylic acids is 3. The lowest BCUT2D eigenvalue weighted by molar-refractivity contribution is -0.111. The minimum atomic E-state index is -0.254. The first kappa shape index (κ1) is 32.6. The average molecular weight is 530 g/mol. The number of amides is 1. The van der Waals surface area contributed by atoms with E-state index in [1.54, 1.807) is 49.4 Å². The first-order valence-electron chi connectivity index (χ1n) is 11.0. The quantitative estimate of drug-likeness (QED) is 0.141. The van der Waals surface area contributed by atoms with Crippen molar-refractivity contribution in [2.75, 3.05) is 16.4 Å². The highest BCUT2D eigenvalue weighted by Gasteiger charge is 2.10. The zero-order chi connectivity index (χ0) is 26.1. The summed E-state index contributed by atoms with van der Waals surface area (Å²) < 4.78 is 0. The fourth-order valence-electron chi connectivity index (χ4n) is 2.88. The second-order valence-corrected chi connectivity index (χ2v) is 7.83. The van der Waals surface area contributed by atoms with E-state index in [-0.39, 0.29) is 30.2 Å². The number of alkyl halides is 2. The molecule has 0 atom stereocenters. The number of anilines is 2. The van der Waals surface area contributed by atoms with Gasteiger partial charge in [0.05, 0.1) is 11.0 Å². The van der Waals surface area contributed by atoms with Crippen LogP contribution >= 0.6 is 23.2 Å². The van der Waals surface area contributed by atoms with Crippen LogP contribution in [0.25, 0.3) is 6.08 Å². The van der Waals surface area contributed by atoms with Crippen molar-refractivity contribution in [2.45, 2.75) is 34.1 Å². The van der Waals surface area contributed by atoms with Gasteiger partial charge in [-0.3, -0.25) is 14.4 Å². The van der Waals surface area contributed by atoms with Crippen LogP contribution in [0.4, 0.5) is 11.4 Å². The number of nitrogens with two attached hydrogens (primary N) is 1. The maximum atomic E-state index is 11.9. The van der Waals surface area contributed by atoms with Gasteiger partial charge in [0, 0.05) is 35.7 Å². The van der Waals surface area contributed by atoms with E-state index >= 15 is 0 Å². The molecule has 5 nitrogen and oxygen atoms in total. The van der Waals surface area contributed by atoms with Gasteiger partial charge in [0.1, 0.15) is 0 Å². The molecule has 3 N–H and O–H groups in total. The lowest BCUT2D eigenvalue weighted by atomic mass is 10.1. The number of halogens is 2. The van der Waals surface area contributed by atoms with Gasteiger partial charge in [-0.1, -0.05) is 75.9 Å². The largest absolute Gasteiger partial charge is 0.398 e. The molecule has 36 heavy (non-hydrogen) atoms. The third-order valence-corrected chi connectivity index (χ3v) is 4.62. The Kier molecular flexibility index (Phi) is 17.1. The molecule has 0 fully saturated rings. The molecule has 0 bridgehead atoms. The molecule has 0 heterocycles. The highest BCUT2D eigenvalue weighted by Crippen LogP contribution is 2.17. The van der Waals surface area contributed by atoms with Gasteiger partial charge in [0.2, 0.25) is 5.91 Å². The van der Waals surface area contributed by atoms with Crippen LogP contribution in [0.2, 0.25) is 0 Å². The van der Waals surface area contributed by atoms with Crippen LogP contribution in [0.15, 0.2) is 84.9 Å². The van der Waals surface area contributed by atoms with Crippen LogP contribution in [-0.4, -0.2) is 22.8 Å². The Hall–Kier alpha value is -3.41. The van der Waals surface area contributed by atoms with Crippen molar-refractivity contribution in [1.82, 2.24) is 0 Å². The first-order valence-corrected chi connectivity index (χ1v) is 12.1. The van der Waals surface area contributed by atoms with Gasteiger partial charge < -0.3 is 11.1 Å². The van der Waals surface area contributed by atoms with Gasteiger partial charge in [-0.2, -0.15) is 0 Å². The van der Waals surface area contributed by atoms with E-state index < -0.39 is 0 Å². The van der Waals surface area contributed by atoms with Crippen molar-refractivity contribution in [1.29, 1.82) is 0 Å². The molecular formula is C29H34Cl2N2O3. The number of ketones is 2. The summed E-state index contributed by atoms with van der Waals surface area (Å²) in [5.74, 6) is -0.142. The summed E-state index contributed by atoms with van der Waals surface area (Å²) in [5.41, 5.74) is 8.82. The number of Topliss-reactive ketones (excluding diaryl/α,β-unsaturated/α-hetero) is 2. The number of para-hydroxylation sites is 2. The van der Waals surface area contributed by atoms with Crippen LogP contribution in [0.5, 0.6) is 0 Å². The molecule has 0 aromatic heterocycles. The SMILES string of the molecule is C.CCC(=O)c1ccccc1N.CCC(=O)c1ccccc1NC(=O)/C=C/c1ccccc1.ClCCl. The number of benzene rings is 3. The Morgan fingerprint density at radius 1 is 0.778 bits per heavy atom. The van der Waals surface area contributed by atoms with Crippen LogP contribution in [0.3, 0.4) is 0 Å². The number of rotatable bonds is 7. The Bertz CT molecular complexity index is 1120. The van der Waals surface area contributed by atoms with E-state index in [4.69, 9.17) is 28.9 Å². The van der Waals surface area contributed by atoms with E-state index in [9.17, 15) is 14.4 Å². The molecule has 3 aromatic carbocycles. The molecule has 0 aliphatic heterocycles. The summed E-state index contributed by atoms with van der Waals surface area (Å²) in [4.78, 5) is 34.9. The summed E-state index contributed by atoms with van der Waals surface area (Å²) in [6.07, 6.45) is 4.11. The molecule has 3 aromatic rings. The van der Waals surface area contributed by atoms with E-state index in [0.29, 0.717) is 35.3 Å². The Balaban J connectivity index is 0.000000689. The van der Waals surface area contributed by atoms with Gasteiger partial charge in [-0.25, -0.2) is 0 Å². The normalized spacial score (nSPS) is 9.56. The van der Waals surface area contributed by atoms with Crippen LogP contribution in [0.1, 0.15) is 60.4 Å². The van der Waals surface area contributed by atoms with Gasteiger partial charge in [-0.15, -0.1) is 23.2 Å². The second kappa shape index (κ2) is 18.9. The minimum Gasteiger partial charge on any atom is -0.398 e. The fourth-order valence-corrected chi connectivity index (χ4v) is 2.88. The topological polar surface area (TPSA) is 89.3 Å². The number of nitrogens with one attached hydrogen (secondary N) is 1. The molecule has 192 valence electrons. The van der Waals surface area contributed by atoms with Gasteiger partial charge >= 0.3 is 0 Å². The zero-order valence-corrected chi connectivity index (χ0v) is 21.4. The van der Waals surface area contributed by atoms with E-state index in [2.05, 4.69) is 5.32 Å². The smallest absolute Gasteiger partial charge is 0.248 e. The van der Waals surface area contributed by atoms with E-state index in [0.717, 1.165) is 5.56 Å². The van der Waals surface area contributed by atoms with Crippen LogP contribution in [-0.2, 0) is 4.79 Å². The highest BCUT2D eigenvalue weighted by molar-refractivity contribution is 6.40. The number of carbonyl (C=O) groups is 3. The Morgan fingerprint density at radius 2 is 1.25 bits per heavy atom. The van der Waals surface area contributed by atoms with Crippen molar-refractivity contribution in [3.63, 3.8) is 0 Å². The molecule has 1 amide bonds. The van der Waals surface area contributed by atoms with Crippen molar-refractivity contribution < 1.29 is 14.4 Å². The Morgan fingerprint density at radius 3 is 1.81 bits per heavy atom. The molecule has 0 spiro atoms. The molecular weight excluding hydrogens is 495 g/mol. The summed E-state index contributed by atoms with van der Waals surface area (Å²) in [6.45, 7) is 3.63. The first-order chi connectivity index (χ1) is 16.9. The third-order valence-electron chi connectivity index (χ3n) is 4.62. The second-order valence-electron chi connectivity index (χ2n) is 7.02. The van der Waals surface area contributed by atoms with Gasteiger partial charge in [0.15, 0.2) is 11.6 Å². The van der Waals surface area contributed by atoms with Crippen molar-refractivity contribution in [3.8, 4) is 0 Å². The number of hydrogen-bond donors (Lipinski definition) is 2. The predicted molar refractivity (Wildman–Crippen MR) is 154 cm³/mol. The summed E-state index contributed by atoms with van der Waals surface area (Å²) in [6, 6.07) is 23.7. The lowest BCUT2D eigenvalue weighted by Gasteiger charge is -2.07. The van der Waals surface area contributed by atoms with Crippen molar-refractivity contribution >= 4 is 58.1 Å². The van der Waals surface area contributed by atoms with Crippen molar-refractivity contribution in [2.24, 2.45) is 0 Å². The maximum Gasteiger partial charge on any atom is 0.248 e.